The molecule has 0 spiro atoms. The minimum atomic E-state index is 0.237. The van der Waals surface area contributed by atoms with Gasteiger partial charge in [0, 0.05) is 13.0 Å². The predicted molar refractivity (Wildman–Crippen MR) is 52.6 cm³/mol. The van der Waals surface area contributed by atoms with Crippen LogP contribution < -0.4 is 0 Å². The van der Waals surface area contributed by atoms with Crippen LogP contribution in [-0.2, 0) is 9.53 Å². The van der Waals surface area contributed by atoms with E-state index in [0.29, 0.717) is 12.5 Å². The van der Waals surface area contributed by atoms with Crippen LogP contribution in [0.1, 0.15) is 39.0 Å². The lowest BCUT2D eigenvalue weighted by Gasteiger charge is -2.06. The fourth-order valence-electron chi connectivity index (χ4n) is 1.65. The molecule has 1 rings (SSSR count). The number of carbonyl (C=O) groups is 1. The molecule has 2 nitrogen and oxygen atoms in total. The average molecular weight is 182 g/mol. The van der Waals surface area contributed by atoms with Crippen molar-refractivity contribution in [2.24, 2.45) is 0 Å². The van der Waals surface area contributed by atoms with Crippen molar-refractivity contribution in [3.8, 4) is 0 Å². The first-order chi connectivity index (χ1) is 6.33. The van der Waals surface area contributed by atoms with E-state index in [1.165, 1.54) is 12.8 Å². The van der Waals surface area contributed by atoms with Gasteiger partial charge in [0.1, 0.15) is 0 Å². The number of ether oxygens (including phenoxy) is 1. The lowest BCUT2D eigenvalue weighted by atomic mass is 10.1. The highest BCUT2D eigenvalue weighted by Gasteiger charge is 2.14. The smallest absolute Gasteiger partial charge is 0.155 e. The van der Waals surface area contributed by atoms with Crippen molar-refractivity contribution >= 4 is 5.78 Å². The molecule has 1 aliphatic rings. The lowest BCUT2D eigenvalue weighted by molar-refractivity contribution is -0.114. The van der Waals surface area contributed by atoms with Crippen molar-refractivity contribution < 1.29 is 9.53 Å². The largest absolute Gasteiger partial charge is 0.378 e. The summed E-state index contributed by atoms with van der Waals surface area (Å²) in [5, 5.41) is 0. The summed E-state index contributed by atoms with van der Waals surface area (Å²) in [4.78, 5) is 11.1. The summed E-state index contributed by atoms with van der Waals surface area (Å²) >= 11 is 0. The first kappa shape index (κ1) is 10.5. The van der Waals surface area contributed by atoms with Crippen LogP contribution in [-0.4, -0.2) is 18.5 Å². The second kappa shape index (κ2) is 5.92. The average Bonchev–Trinajstić information content (AvgIpc) is 2.57. The van der Waals surface area contributed by atoms with E-state index >= 15 is 0 Å². The van der Waals surface area contributed by atoms with E-state index in [1.54, 1.807) is 12.2 Å². The highest BCUT2D eigenvalue weighted by Crippen LogP contribution is 2.17. The predicted octanol–water partition coefficient (Wildman–Crippen LogP) is 2.48. The number of allylic oxidation sites excluding steroid dienone is 2. The van der Waals surface area contributed by atoms with Crippen molar-refractivity contribution in [2.75, 3.05) is 6.61 Å². The normalized spacial score (nSPS) is 22.7. The lowest BCUT2D eigenvalue weighted by Crippen LogP contribution is -2.05. The summed E-state index contributed by atoms with van der Waals surface area (Å²) in [6, 6.07) is 0. The Labute approximate surface area is 80.0 Å². The van der Waals surface area contributed by atoms with Crippen LogP contribution in [0.4, 0.5) is 0 Å². The Kier molecular flexibility index (Phi) is 4.76. The van der Waals surface area contributed by atoms with Gasteiger partial charge in [-0.2, -0.15) is 0 Å². The summed E-state index contributed by atoms with van der Waals surface area (Å²) in [6.07, 6.45) is 8.93. The first-order valence-electron chi connectivity index (χ1n) is 5.10. The topological polar surface area (TPSA) is 26.3 Å². The van der Waals surface area contributed by atoms with Gasteiger partial charge >= 0.3 is 0 Å². The minimum absolute atomic E-state index is 0.237. The van der Waals surface area contributed by atoms with Crippen molar-refractivity contribution in [3.63, 3.8) is 0 Å². The molecule has 0 aromatic rings. The van der Waals surface area contributed by atoms with E-state index in [4.69, 9.17) is 4.74 Å². The fourth-order valence-corrected chi connectivity index (χ4v) is 1.65. The van der Waals surface area contributed by atoms with Gasteiger partial charge in [-0.1, -0.05) is 6.08 Å². The van der Waals surface area contributed by atoms with Crippen LogP contribution in [0.15, 0.2) is 12.2 Å². The van der Waals surface area contributed by atoms with E-state index in [2.05, 4.69) is 0 Å². The fraction of sp³-hybridized carbons (Fsp3) is 0.727. The monoisotopic (exact) mass is 182 g/mol. The third-order valence-electron chi connectivity index (χ3n) is 2.33. The van der Waals surface area contributed by atoms with Gasteiger partial charge in [-0.3, -0.25) is 4.79 Å². The third kappa shape index (κ3) is 4.23. The van der Waals surface area contributed by atoms with E-state index in [0.717, 1.165) is 19.4 Å². The van der Waals surface area contributed by atoms with Gasteiger partial charge in [-0.25, -0.2) is 0 Å². The summed E-state index contributed by atoms with van der Waals surface area (Å²) in [5.41, 5.74) is 0. The molecule has 0 aliphatic carbocycles. The summed E-state index contributed by atoms with van der Waals surface area (Å²) in [7, 11) is 0. The summed E-state index contributed by atoms with van der Waals surface area (Å²) in [6.45, 7) is 2.78. The maximum Gasteiger partial charge on any atom is 0.155 e. The molecular formula is C11H18O2. The highest BCUT2D eigenvalue weighted by molar-refractivity contribution is 5.89. The van der Waals surface area contributed by atoms with Crippen LogP contribution in [0, 0.1) is 0 Å². The zero-order valence-corrected chi connectivity index (χ0v) is 8.29. The van der Waals surface area contributed by atoms with E-state index < -0.39 is 0 Å². The standard InChI is InChI=1S/C11H18O2/c1-2-5-10(12)6-3-7-11-8-4-9-13-11/h2,5,11H,3-4,6-9H2,1H3/b5-2+. The number of rotatable bonds is 5. The molecule has 0 N–H and O–H groups in total. The molecule has 1 fully saturated rings. The van der Waals surface area contributed by atoms with Gasteiger partial charge in [0.05, 0.1) is 6.10 Å². The van der Waals surface area contributed by atoms with E-state index in [1.807, 2.05) is 6.92 Å². The molecule has 1 atom stereocenters. The Balaban J connectivity index is 2.02. The third-order valence-corrected chi connectivity index (χ3v) is 2.33. The number of hydrogen-bond donors (Lipinski definition) is 0. The van der Waals surface area contributed by atoms with Crippen molar-refractivity contribution in [3.05, 3.63) is 12.2 Å². The zero-order valence-electron chi connectivity index (χ0n) is 8.29. The van der Waals surface area contributed by atoms with E-state index in [-0.39, 0.29) is 5.78 Å². The van der Waals surface area contributed by atoms with Crippen LogP contribution in [0.3, 0.4) is 0 Å². The molecule has 0 aromatic heterocycles. The van der Waals surface area contributed by atoms with Crippen molar-refractivity contribution in [1.29, 1.82) is 0 Å². The van der Waals surface area contributed by atoms with Crippen LogP contribution >= 0.6 is 0 Å². The molecule has 0 saturated carbocycles. The van der Waals surface area contributed by atoms with Crippen molar-refractivity contribution in [2.45, 2.75) is 45.1 Å². The Morgan fingerprint density at radius 2 is 2.46 bits per heavy atom. The molecule has 0 amide bonds. The molecule has 1 heterocycles. The molecule has 1 aliphatic heterocycles. The van der Waals surface area contributed by atoms with Crippen LogP contribution in [0.5, 0.6) is 0 Å². The minimum Gasteiger partial charge on any atom is -0.378 e. The quantitative estimate of drug-likeness (QED) is 0.610. The number of carbonyl (C=O) groups excluding carboxylic acids is 1. The van der Waals surface area contributed by atoms with Gasteiger partial charge in [0.25, 0.3) is 0 Å². The number of ketones is 1. The highest BCUT2D eigenvalue weighted by atomic mass is 16.5. The maximum absolute atomic E-state index is 11.1. The second-order valence-corrected chi connectivity index (χ2v) is 3.49. The SMILES string of the molecule is C/C=C/C(=O)CCCC1CCCO1. The Morgan fingerprint density at radius 3 is 3.08 bits per heavy atom. The van der Waals surface area contributed by atoms with Crippen molar-refractivity contribution in [1.82, 2.24) is 0 Å². The molecule has 0 radical (unpaired) electrons. The Hall–Kier alpha value is -0.630. The summed E-state index contributed by atoms with van der Waals surface area (Å²) < 4.78 is 5.47. The van der Waals surface area contributed by atoms with Crippen LogP contribution in [0.2, 0.25) is 0 Å². The number of hydrogen-bond acceptors (Lipinski definition) is 2. The molecular weight excluding hydrogens is 164 g/mol. The van der Waals surface area contributed by atoms with E-state index in [9.17, 15) is 4.79 Å². The second-order valence-electron chi connectivity index (χ2n) is 3.49. The van der Waals surface area contributed by atoms with Gasteiger partial charge in [0.2, 0.25) is 0 Å². The molecule has 1 saturated heterocycles. The molecule has 13 heavy (non-hydrogen) atoms. The molecule has 2 heteroatoms. The molecule has 1 unspecified atom stereocenters. The first-order valence-corrected chi connectivity index (χ1v) is 5.10. The van der Waals surface area contributed by atoms with Gasteiger partial charge in [0.15, 0.2) is 5.78 Å². The molecule has 0 aromatic carbocycles. The maximum atomic E-state index is 11.1. The van der Waals surface area contributed by atoms with Gasteiger partial charge < -0.3 is 4.74 Å². The van der Waals surface area contributed by atoms with Gasteiger partial charge in [-0.05, 0) is 38.7 Å². The zero-order chi connectivity index (χ0) is 9.52. The Morgan fingerprint density at radius 1 is 1.62 bits per heavy atom. The van der Waals surface area contributed by atoms with Gasteiger partial charge in [-0.15, -0.1) is 0 Å². The molecule has 0 bridgehead atoms. The van der Waals surface area contributed by atoms with Crippen LogP contribution in [0.25, 0.3) is 0 Å². The summed E-state index contributed by atoms with van der Waals surface area (Å²) in [5.74, 6) is 0.237. The molecule has 74 valence electrons. The Bertz CT molecular complexity index is 179.